The zero-order valence-corrected chi connectivity index (χ0v) is 13.3. The summed E-state index contributed by atoms with van der Waals surface area (Å²) in [4.78, 5) is 12.0. The van der Waals surface area contributed by atoms with E-state index in [1.54, 1.807) is 0 Å². The van der Waals surface area contributed by atoms with Gasteiger partial charge in [0.15, 0.2) is 0 Å². The second kappa shape index (κ2) is 7.76. The minimum absolute atomic E-state index is 0.0476. The number of carbonyl (C=O) groups excluding carboxylic acids is 1. The zero-order chi connectivity index (χ0) is 15.9. The molecule has 116 valence electrons. The summed E-state index contributed by atoms with van der Waals surface area (Å²) in [5.41, 5.74) is 10.8. The molecule has 3 nitrogen and oxygen atoms in total. The van der Waals surface area contributed by atoms with Crippen LogP contribution in [-0.4, -0.2) is 12.5 Å². The summed E-state index contributed by atoms with van der Waals surface area (Å²) in [6.07, 6.45) is 1.25. The van der Waals surface area contributed by atoms with Gasteiger partial charge in [0, 0.05) is 19.0 Å². The molecule has 0 fully saturated rings. The Hall–Kier alpha value is -2.13. The monoisotopic (exact) mass is 296 g/mol. The van der Waals surface area contributed by atoms with E-state index in [4.69, 9.17) is 5.73 Å². The second-order valence-corrected chi connectivity index (χ2v) is 5.75. The molecule has 1 unspecified atom stereocenters. The van der Waals surface area contributed by atoms with E-state index >= 15 is 0 Å². The lowest BCUT2D eigenvalue weighted by Crippen LogP contribution is -2.32. The number of hydrogen-bond acceptors (Lipinski definition) is 2. The first-order valence-corrected chi connectivity index (χ1v) is 7.69. The molecule has 0 heterocycles. The van der Waals surface area contributed by atoms with Crippen LogP contribution in [0.1, 0.15) is 34.7 Å². The van der Waals surface area contributed by atoms with E-state index < -0.39 is 0 Å². The molecule has 1 atom stereocenters. The topological polar surface area (TPSA) is 55.1 Å². The molecule has 0 aliphatic rings. The molecule has 2 aromatic carbocycles. The maximum Gasteiger partial charge on any atom is 0.220 e. The number of hydrogen-bond donors (Lipinski definition) is 2. The van der Waals surface area contributed by atoms with Crippen molar-refractivity contribution in [1.82, 2.24) is 5.32 Å². The van der Waals surface area contributed by atoms with Crippen molar-refractivity contribution in [3.8, 4) is 0 Å². The predicted molar refractivity (Wildman–Crippen MR) is 90.6 cm³/mol. The van der Waals surface area contributed by atoms with Crippen LogP contribution in [0.5, 0.6) is 0 Å². The van der Waals surface area contributed by atoms with Crippen LogP contribution in [0.3, 0.4) is 0 Å². The van der Waals surface area contributed by atoms with Crippen LogP contribution < -0.4 is 11.1 Å². The maximum absolute atomic E-state index is 12.0. The van der Waals surface area contributed by atoms with E-state index in [1.165, 1.54) is 16.7 Å². The average molecular weight is 296 g/mol. The van der Waals surface area contributed by atoms with Gasteiger partial charge in [-0.05, 0) is 37.0 Å². The summed E-state index contributed by atoms with van der Waals surface area (Å²) in [5.74, 6) is 0.0476. The van der Waals surface area contributed by atoms with Gasteiger partial charge in [-0.1, -0.05) is 54.1 Å². The summed E-state index contributed by atoms with van der Waals surface area (Å²) in [7, 11) is 0. The number of nitrogens with two attached hydrogens (primary N) is 1. The fourth-order valence-corrected chi connectivity index (χ4v) is 2.50. The molecular formula is C19H24N2O. The molecule has 0 saturated carbocycles. The number of amides is 1. The minimum Gasteiger partial charge on any atom is -0.354 e. The summed E-state index contributed by atoms with van der Waals surface area (Å²) in [5, 5.41) is 2.92. The third kappa shape index (κ3) is 4.71. The Morgan fingerprint density at radius 3 is 2.55 bits per heavy atom. The Morgan fingerprint density at radius 2 is 1.86 bits per heavy atom. The number of carbonyl (C=O) groups is 1. The minimum atomic E-state index is -0.161. The average Bonchev–Trinajstić information content (AvgIpc) is 2.52. The Labute approximate surface area is 132 Å². The molecule has 0 radical (unpaired) electrons. The van der Waals surface area contributed by atoms with Crippen LogP contribution in [0.4, 0.5) is 0 Å². The van der Waals surface area contributed by atoms with Gasteiger partial charge in [-0.25, -0.2) is 0 Å². The van der Waals surface area contributed by atoms with Gasteiger partial charge in [0.1, 0.15) is 0 Å². The van der Waals surface area contributed by atoms with Gasteiger partial charge in [-0.3, -0.25) is 4.79 Å². The third-order valence-electron chi connectivity index (χ3n) is 3.87. The Kier molecular flexibility index (Phi) is 5.73. The van der Waals surface area contributed by atoms with Gasteiger partial charge >= 0.3 is 0 Å². The Bertz CT molecular complexity index is 623. The van der Waals surface area contributed by atoms with Crippen LogP contribution in [-0.2, 0) is 11.2 Å². The highest BCUT2D eigenvalue weighted by Crippen LogP contribution is 2.13. The van der Waals surface area contributed by atoms with Crippen molar-refractivity contribution in [2.75, 3.05) is 6.54 Å². The molecule has 0 spiro atoms. The van der Waals surface area contributed by atoms with Gasteiger partial charge in [-0.15, -0.1) is 0 Å². The zero-order valence-electron chi connectivity index (χ0n) is 13.3. The molecule has 2 aromatic rings. The van der Waals surface area contributed by atoms with Gasteiger partial charge in [-0.2, -0.15) is 0 Å². The van der Waals surface area contributed by atoms with E-state index in [0.717, 1.165) is 12.0 Å². The van der Waals surface area contributed by atoms with E-state index in [2.05, 4.69) is 37.4 Å². The number of benzene rings is 2. The third-order valence-corrected chi connectivity index (χ3v) is 3.87. The first kappa shape index (κ1) is 16.2. The Morgan fingerprint density at radius 1 is 1.14 bits per heavy atom. The molecule has 0 bridgehead atoms. The van der Waals surface area contributed by atoms with Crippen LogP contribution in [0.25, 0.3) is 0 Å². The maximum atomic E-state index is 12.0. The highest BCUT2D eigenvalue weighted by Gasteiger charge is 2.08. The second-order valence-electron chi connectivity index (χ2n) is 5.75. The van der Waals surface area contributed by atoms with Crippen LogP contribution in [0, 0.1) is 13.8 Å². The highest BCUT2D eigenvalue weighted by atomic mass is 16.1. The lowest BCUT2D eigenvalue weighted by atomic mass is 10.0. The van der Waals surface area contributed by atoms with Crippen molar-refractivity contribution in [3.05, 3.63) is 70.8 Å². The van der Waals surface area contributed by atoms with Crippen molar-refractivity contribution >= 4 is 5.91 Å². The van der Waals surface area contributed by atoms with E-state index in [-0.39, 0.29) is 11.9 Å². The molecule has 22 heavy (non-hydrogen) atoms. The van der Waals surface area contributed by atoms with E-state index in [9.17, 15) is 4.79 Å². The highest BCUT2D eigenvalue weighted by molar-refractivity contribution is 5.76. The van der Waals surface area contributed by atoms with Gasteiger partial charge in [0.2, 0.25) is 5.91 Å². The Balaban J connectivity index is 1.78. The summed E-state index contributed by atoms with van der Waals surface area (Å²) in [6, 6.07) is 16.0. The van der Waals surface area contributed by atoms with Crippen molar-refractivity contribution in [2.45, 2.75) is 32.7 Å². The lowest BCUT2D eigenvalue weighted by molar-refractivity contribution is -0.121. The van der Waals surface area contributed by atoms with Crippen molar-refractivity contribution in [2.24, 2.45) is 5.73 Å². The molecular weight excluding hydrogens is 272 g/mol. The molecule has 0 aromatic heterocycles. The number of aryl methyl sites for hydroxylation is 3. The molecule has 3 N–H and O–H groups in total. The molecule has 2 rings (SSSR count). The van der Waals surface area contributed by atoms with Gasteiger partial charge in [0.25, 0.3) is 0 Å². The van der Waals surface area contributed by atoms with Gasteiger partial charge < -0.3 is 11.1 Å². The fourth-order valence-electron chi connectivity index (χ4n) is 2.50. The van der Waals surface area contributed by atoms with Gasteiger partial charge in [0.05, 0.1) is 0 Å². The standard InChI is InChI=1S/C19H24N2O/c1-14-8-9-16(15(2)12-14)10-11-19(22)21-13-18(20)17-6-4-3-5-7-17/h3-9,12,18H,10-11,13,20H2,1-2H3,(H,21,22). The smallest absolute Gasteiger partial charge is 0.220 e. The van der Waals surface area contributed by atoms with Crippen molar-refractivity contribution in [3.63, 3.8) is 0 Å². The normalized spacial score (nSPS) is 12.0. The molecule has 1 amide bonds. The fraction of sp³-hybridized carbons (Fsp3) is 0.316. The van der Waals surface area contributed by atoms with Crippen LogP contribution >= 0.6 is 0 Å². The largest absolute Gasteiger partial charge is 0.354 e. The number of rotatable bonds is 6. The van der Waals surface area contributed by atoms with Crippen LogP contribution in [0.15, 0.2) is 48.5 Å². The van der Waals surface area contributed by atoms with Crippen molar-refractivity contribution in [1.29, 1.82) is 0 Å². The number of nitrogens with one attached hydrogen (secondary N) is 1. The van der Waals surface area contributed by atoms with E-state index in [0.29, 0.717) is 13.0 Å². The first-order valence-electron chi connectivity index (χ1n) is 7.69. The van der Waals surface area contributed by atoms with Crippen LogP contribution in [0.2, 0.25) is 0 Å². The van der Waals surface area contributed by atoms with E-state index in [1.807, 2.05) is 30.3 Å². The molecule has 3 heteroatoms. The quantitative estimate of drug-likeness (QED) is 0.861. The summed E-state index contributed by atoms with van der Waals surface area (Å²) in [6.45, 7) is 4.63. The molecule has 0 aliphatic carbocycles. The predicted octanol–water partition coefficient (Wildman–Crippen LogP) is 3.05. The molecule has 0 aliphatic heterocycles. The van der Waals surface area contributed by atoms with Crippen molar-refractivity contribution < 1.29 is 4.79 Å². The lowest BCUT2D eigenvalue weighted by Gasteiger charge is -2.13. The summed E-state index contributed by atoms with van der Waals surface area (Å²) >= 11 is 0. The SMILES string of the molecule is Cc1ccc(CCC(=O)NCC(N)c2ccccc2)c(C)c1. The first-order chi connectivity index (χ1) is 10.6. The summed E-state index contributed by atoms with van der Waals surface area (Å²) < 4.78 is 0. The molecule has 0 saturated heterocycles.